The minimum atomic E-state index is -3.75. The second-order valence-electron chi connectivity index (χ2n) is 5.65. The lowest BCUT2D eigenvalue weighted by molar-refractivity contribution is 0.293. The third-order valence-corrected chi connectivity index (χ3v) is 6.47. The monoisotopic (exact) mass is 315 g/mol. The van der Waals surface area contributed by atoms with Crippen molar-refractivity contribution in [3.05, 3.63) is 36.5 Å². The molecular weight excluding hydrogens is 298 g/mol. The Bertz CT molecular complexity index is 844. The number of sulfonamides is 1. The minimum absolute atomic E-state index is 0.210. The lowest BCUT2D eigenvalue weighted by Crippen LogP contribution is -2.46. The van der Waals surface area contributed by atoms with E-state index in [0.717, 1.165) is 12.8 Å². The van der Waals surface area contributed by atoms with Crippen LogP contribution in [-0.4, -0.2) is 30.3 Å². The van der Waals surface area contributed by atoms with E-state index in [1.54, 1.807) is 36.5 Å². The Labute approximate surface area is 130 Å². The zero-order valence-electron chi connectivity index (χ0n) is 12.4. The third-order valence-electron chi connectivity index (χ3n) is 4.49. The number of hydrogen-bond donors (Lipinski definition) is 0. The number of benzene rings is 1. The molecule has 0 unspecified atom stereocenters. The third kappa shape index (κ3) is 2.18. The average molecular weight is 315 g/mol. The second kappa shape index (κ2) is 5.34. The van der Waals surface area contributed by atoms with E-state index < -0.39 is 15.6 Å². The van der Waals surface area contributed by atoms with Crippen LogP contribution in [0.2, 0.25) is 0 Å². The van der Waals surface area contributed by atoms with Crippen LogP contribution >= 0.6 is 0 Å². The molecule has 0 saturated heterocycles. The standard InChI is InChI=1S/C16H17N3O2S/c1-19(16(12-17)9-2-3-10-16)22(20,21)15-8-4-7-14-13(15)6-5-11-18-14/h4-8,11H,2-3,9-10H2,1H3. The number of fused-ring (bicyclic) bond motifs is 1. The normalized spacial score (nSPS) is 17.7. The van der Waals surface area contributed by atoms with Crippen LogP contribution in [0.5, 0.6) is 0 Å². The number of hydrogen-bond acceptors (Lipinski definition) is 4. The molecule has 1 aromatic heterocycles. The summed E-state index contributed by atoms with van der Waals surface area (Å²) in [7, 11) is -2.24. The molecule has 0 aliphatic heterocycles. The van der Waals surface area contributed by atoms with Crippen LogP contribution in [0.25, 0.3) is 10.9 Å². The first kappa shape index (κ1) is 14.9. The highest BCUT2D eigenvalue weighted by molar-refractivity contribution is 7.89. The largest absolute Gasteiger partial charge is 0.256 e. The molecule has 3 rings (SSSR count). The molecule has 0 radical (unpaired) electrons. The number of rotatable bonds is 3. The van der Waals surface area contributed by atoms with E-state index in [2.05, 4.69) is 11.1 Å². The molecule has 2 aromatic rings. The fourth-order valence-electron chi connectivity index (χ4n) is 3.13. The maximum atomic E-state index is 13.0. The van der Waals surface area contributed by atoms with Crippen molar-refractivity contribution in [2.75, 3.05) is 7.05 Å². The van der Waals surface area contributed by atoms with Crippen molar-refractivity contribution >= 4 is 20.9 Å². The quantitative estimate of drug-likeness (QED) is 0.873. The zero-order valence-corrected chi connectivity index (χ0v) is 13.2. The van der Waals surface area contributed by atoms with Gasteiger partial charge in [-0.1, -0.05) is 18.9 Å². The molecule has 0 amide bonds. The molecule has 0 N–H and O–H groups in total. The molecule has 0 spiro atoms. The molecule has 6 heteroatoms. The molecule has 1 aliphatic rings. The summed E-state index contributed by atoms with van der Waals surface area (Å²) < 4.78 is 27.3. The van der Waals surface area contributed by atoms with Crippen molar-refractivity contribution in [1.82, 2.24) is 9.29 Å². The van der Waals surface area contributed by atoms with Gasteiger partial charge in [-0.15, -0.1) is 0 Å². The van der Waals surface area contributed by atoms with Gasteiger partial charge in [-0.05, 0) is 37.1 Å². The summed E-state index contributed by atoms with van der Waals surface area (Å²) in [5.74, 6) is 0. The number of aromatic nitrogens is 1. The molecule has 1 aliphatic carbocycles. The summed E-state index contributed by atoms with van der Waals surface area (Å²) in [4.78, 5) is 4.41. The molecule has 0 bridgehead atoms. The van der Waals surface area contributed by atoms with Gasteiger partial charge in [-0.3, -0.25) is 4.98 Å². The average Bonchev–Trinajstić information content (AvgIpc) is 3.03. The molecule has 1 saturated carbocycles. The van der Waals surface area contributed by atoms with Crippen LogP contribution in [0.15, 0.2) is 41.4 Å². The lowest BCUT2D eigenvalue weighted by atomic mass is 10.0. The predicted molar refractivity (Wildman–Crippen MR) is 83.5 cm³/mol. The Balaban J connectivity index is 2.15. The van der Waals surface area contributed by atoms with Gasteiger partial charge in [0.05, 0.1) is 16.5 Å². The van der Waals surface area contributed by atoms with Crippen LogP contribution in [0.1, 0.15) is 25.7 Å². The maximum absolute atomic E-state index is 13.0. The molecular formula is C16H17N3O2S. The van der Waals surface area contributed by atoms with Gasteiger partial charge in [0, 0.05) is 18.6 Å². The van der Waals surface area contributed by atoms with Gasteiger partial charge < -0.3 is 0 Å². The lowest BCUT2D eigenvalue weighted by Gasteiger charge is -2.31. The molecule has 5 nitrogen and oxygen atoms in total. The van der Waals surface area contributed by atoms with Gasteiger partial charge in [0.1, 0.15) is 5.54 Å². The Hall–Kier alpha value is -1.97. The van der Waals surface area contributed by atoms with Gasteiger partial charge in [-0.2, -0.15) is 9.57 Å². The summed E-state index contributed by atoms with van der Waals surface area (Å²) in [6, 6.07) is 10.7. The van der Waals surface area contributed by atoms with E-state index in [4.69, 9.17) is 0 Å². The predicted octanol–water partition coefficient (Wildman–Crippen LogP) is 2.69. The Morgan fingerprint density at radius 1 is 1.23 bits per heavy atom. The van der Waals surface area contributed by atoms with Gasteiger partial charge in [0.15, 0.2) is 0 Å². The molecule has 114 valence electrons. The molecule has 1 fully saturated rings. The van der Waals surface area contributed by atoms with Gasteiger partial charge in [-0.25, -0.2) is 8.42 Å². The summed E-state index contributed by atoms with van der Waals surface area (Å²) in [6.45, 7) is 0. The maximum Gasteiger partial charge on any atom is 0.244 e. The van der Waals surface area contributed by atoms with E-state index in [9.17, 15) is 13.7 Å². The first-order valence-corrected chi connectivity index (χ1v) is 8.69. The van der Waals surface area contributed by atoms with Crippen LogP contribution in [-0.2, 0) is 10.0 Å². The number of nitrogens with zero attached hydrogens (tertiary/aromatic N) is 3. The Kier molecular flexibility index (Phi) is 3.63. The molecule has 22 heavy (non-hydrogen) atoms. The number of nitriles is 1. The second-order valence-corrected chi connectivity index (χ2v) is 7.59. The van der Waals surface area contributed by atoms with Crippen LogP contribution < -0.4 is 0 Å². The SMILES string of the molecule is CN(C1(C#N)CCCC1)S(=O)(=O)c1cccc2ncccc12. The minimum Gasteiger partial charge on any atom is -0.256 e. The molecule has 0 atom stereocenters. The Morgan fingerprint density at radius 2 is 1.95 bits per heavy atom. The fourth-order valence-corrected chi connectivity index (χ4v) is 4.81. The van der Waals surface area contributed by atoms with Crippen LogP contribution in [0, 0.1) is 11.3 Å². The van der Waals surface area contributed by atoms with E-state index in [-0.39, 0.29) is 4.90 Å². The summed E-state index contributed by atoms with van der Waals surface area (Å²) in [6.07, 6.45) is 4.57. The summed E-state index contributed by atoms with van der Waals surface area (Å²) in [5, 5.41) is 10.1. The van der Waals surface area contributed by atoms with Crippen molar-refractivity contribution in [2.45, 2.75) is 36.1 Å². The van der Waals surface area contributed by atoms with Crippen LogP contribution in [0.3, 0.4) is 0 Å². The van der Waals surface area contributed by atoms with Gasteiger partial charge >= 0.3 is 0 Å². The van der Waals surface area contributed by atoms with E-state index in [1.165, 1.54) is 11.4 Å². The van der Waals surface area contributed by atoms with Gasteiger partial charge in [0.2, 0.25) is 10.0 Å². The van der Waals surface area contributed by atoms with E-state index in [0.29, 0.717) is 23.7 Å². The Morgan fingerprint density at radius 3 is 2.64 bits per heavy atom. The first-order valence-electron chi connectivity index (χ1n) is 7.25. The number of pyridine rings is 1. The fraction of sp³-hybridized carbons (Fsp3) is 0.375. The van der Waals surface area contributed by atoms with E-state index >= 15 is 0 Å². The van der Waals surface area contributed by atoms with Crippen molar-refractivity contribution in [3.8, 4) is 6.07 Å². The topological polar surface area (TPSA) is 74.1 Å². The van der Waals surface area contributed by atoms with E-state index in [1.807, 2.05) is 0 Å². The van der Waals surface area contributed by atoms with Crippen LogP contribution in [0.4, 0.5) is 0 Å². The first-order chi connectivity index (χ1) is 10.5. The van der Waals surface area contributed by atoms with Gasteiger partial charge in [0.25, 0.3) is 0 Å². The summed E-state index contributed by atoms with van der Waals surface area (Å²) >= 11 is 0. The van der Waals surface area contributed by atoms with Crippen molar-refractivity contribution < 1.29 is 8.42 Å². The highest BCUT2D eigenvalue weighted by Crippen LogP contribution is 2.38. The highest BCUT2D eigenvalue weighted by Gasteiger charge is 2.44. The molecule has 1 heterocycles. The highest BCUT2D eigenvalue weighted by atomic mass is 32.2. The molecule has 1 aromatic carbocycles. The smallest absolute Gasteiger partial charge is 0.244 e. The zero-order chi connectivity index (χ0) is 15.8. The van der Waals surface area contributed by atoms with Crippen molar-refractivity contribution in [2.24, 2.45) is 0 Å². The van der Waals surface area contributed by atoms with Crippen molar-refractivity contribution in [1.29, 1.82) is 5.26 Å². The van der Waals surface area contributed by atoms with Crippen molar-refractivity contribution in [3.63, 3.8) is 0 Å². The summed E-state index contributed by atoms with van der Waals surface area (Å²) in [5.41, 5.74) is -0.294.